The Morgan fingerprint density at radius 2 is 1.95 bits per heavy atom. The Morgan fingerprint density at radius 1 is 1.32 bits per heavy atom. The lowest BCUT2D eigenvalue weighted by atomic mass is 9.92. The molecule has 0 saturated carbocycles. The molecule has 104 valence electrons. The molecule has 0 aliphatic carbocycles. The Kier molecular flexibility index (Phi) is 5.11. The summed E-state index contributed by atoms with van der Waals surface area (Å²) in [5.74, 6) is -0.292. The topological polar surface area (TPSA) is 58.2 Å². The SMILES string of the molecule is CNC(=O)C(C)(C)CNC(=O)c1ccc(C)cc1Br. The third kappa shape index (κ3) is 4.06. The monoisotopic (exact) mass is 326 g/mol. The molecule has 19 heavy (non-hydrogen) atoms. The molecule has 0 saturated heterocycles. The summed E-state index contributed by atoms with van der Waals surface area (Å²) in [7, 11) is 1.59. The van der Waals surface area contributed by atoms with Crippen molar-refractivity contribution in [1.29, 1.82) is 0 Å². The number of carbonyl (C=O) groups is 2. The molecule has 1 rings (SSSR count). The van der Waals surface area contributed by atoms with Crippen molar-refractivity contribution in [2.24, 2.45) is 5.41 Å². The van der Waals surface area contributed by atoms with E-state index >= 15 is 0 Å². The van der Waals surface area contributed by atoms with Crippen molar-refractivity contribution < 1.29 is 9.59 Å². The fourth-order valence-electron chi connectivity index (χ4n) is 1.62. The largest absolute Gasteiger partial charge is 0.359 e. The zero-order valence-electron chi connectivity index (χ0n) is 11.6. The van der Waals surface area contributed by atoms with E-state index in [0.717, 1.165) is 10.0 Å². The average molecular weight is 327 g/mol. The van der Waals surface area contributed by atoms with Crippen LogP contribution in [0.15, 0.2) is 22.7 Å². The third-order valence-corrected chi connectivity index (χ3v) is 3.56. The minimum atomic E-state index is -0.637. The molecule has 0 atom stereocenters. The van der Waals surface area contributed by atoms with Gasteiger partial charge in [-0.2, -0.15) is 0 Å². The van der Waals surface area contributed by atoms with Crippen molar-refractivity contribution in [3.05, 3.63) is 33.8 Å². The third-order valence-electron chi connectivity index (χ3n) is 2.90. The van der Waals surface area contributed by atoms with Crippen LogP contribution in [0.4, 0.5) is 0 Å². The number of amides is 2. The van der Waals surface area contributed by atoms with Crippen LogP contribution < -0.4 is 10.6 Å². The molecule has 1 aromatic carbocycles. The highest BCUT2D eigenvalue weighted by molar-refractivity contribution is 9.10. The summed E-state index contributed by atoms with van der Waals surface area (Å²) in [4.78, 5) is 23.7. The second-order valence-corrected chi connectivity index (χ2v) is 5.98. The zero-order valence-corrected chi connectivity index (χ0v) is 13.2. The molecule has 0 radical (unpaired) electrons. The first-order valence-electron chi connectivity index (χ1n) is 6.04. The lowest BCUT2D eigenvalue weighted by Crippen LogP contribution is -2.43. The van der Waals surface area contributed by atoms with E-state index in [1.54, 1.807) is 27.0 Å². The van der Waals surface area contributed by atoms with Crippen LogP contribution in [0.1, 0.15) is 29.8 Å². The summed E-state index contributed by atoms with van der Waals surface area (Å²) in [5, 5.41) is 5.37. The van der Waals surface area contributed by atoms with Gasteiger partial charge in [0.2, 0.25) is 5.91 Å². The van der Waals surface area contributed by atoms with E-state index in [-0.39, 0.29) is 18.4 Å². The maximum absolute atomic E-state index is 12.1. The molecular weight excluding hydrogens is 308 g/mol. The summed E-state index contributed by atoms with van der Waals surface area (Å²) in [6, 6.07) is 5.53. The maximum Gasteiger partial charge on any atom is 0.252 e. The zero-order chi connectivity index (χ0) is 14.6. The summed E-state index contributed by atoms with van der Waals surface area (Å²) in [5.41, 5.74) is 1.01. The van der Waals surface area contributed by atoms with Gasteiger partial charge in [0.05, 0.1) is 11.0 Å². The summed E-state index contributed by atoms with van der Waals surface area (Å²) in [6.45, 7) is 5.82. The Bertz CT molecular complexity index is 498. The van der Waals surface area contributed by atoms with Gasteiger partial charge in [0.1, 0.15) is 0 Å². The minimum absolute atomic E-state index is 0.101. The van der Waals surface area contributed by atoms with Gasteiger partial charge in [0.25, 0.3) is 5.91 Å². The number of rotatable bonds is 4. The van der Waals surface area contributed by atoms with Gasteiger partial charge in [-0.3, -0.25) is 9.59 Å². The number of hydrogen-bond acceptors (Lipinski definition) is 2. The number of aryl methyl sites for hydroxylation is 1. The van der Waals surface area contributed by atoms with Crippen LogP contribution >= 0.6 is 15.9 Å². The molecule has 0 aliphatic rings. The number of halogens is 1. The second kappa shape index (κ2) is 6.19. The summed E-state index contributed by atoms with van der Waals surface area (Å²) in [6.07, 6.45) is 0. The molecule has 2 N–H and O–H groups in total. The maximum atomic E-state index is 12.1. The fourth-order valence-corrected chi connectivity index (χ4v) is 2.29. The number of hydrogen-bond donors (Lipinski definition) is 2. The van der Waals surface area contributed by atoms with E-state index in [2.05, 4.69) is 26.6 Å². The summed E-state index contributed by atoms with van der Waals surface area (Å²) < 4.78 is 0.753. The molecule has 4 nitrogen and oxygen atoms in total. The van der Waals surface area contributed by atoms with Crippen LogP contribution in [0.25, 0.3) is 0 Å². The highest BCUT2D eigenvalue weighted by atomic mass is 79.9. The highest BCUT2D eigenvalue weighted by Gasteiger charge is 2.27. The molecule has 0 heterocycles. The Labute approximate surface area is 122 Å². The van der Waals surface area contributed by atoms with Crippen LogP contribution in [0.3, 0.4) is 0 Å². The van der Waals surface area contributed by atoms with Gasteiger partial charge >= 0.3 is 0 Å². The van der Waals surface area contributed by atoms with Gasteiger partial charge in [-0.05, 0) is 54.4 Å². The van der Waals surface area contributed by atoms with Crippen LogP contribution in [0, 0.1) is 12.3 Å². The molecule has 5 heteroatoms. The molecule has 0 spiro atoms. The van der Waals surface area contributed by atoms with Crippen molar-refractivity contribution in [3.63, 3.8) is 0 Å². The van der Waals surface area contributed by atoms with E-state index in [0.29, 0.717) is 5.56 Å². The van der Waals surface area contributed by atoms with Crippen LogP contribution in [-0.2, 0) is 4.79 Å². The van der Waals surface area contributed by atoms with Crippen molar-refractivity contribution >= 4 is 27.7 Å². The van der Waals surface area contributed by atoms with E-state index in [9.17, 15) is 9.59 Å². The number of benzene rings is 1. The van der Waals surface area contributed by atoms with E-state index in [4.69, 9.17) is 0 Å². The molecular formula is C14H19BrN2O2. The molecule has 0 aliphatic heterocycles. The van der Waals surface area contributed by atoms with Gasteiger partial charge in [-0.15, -0.1) is 0 Å². The van der Waals surface area contributed by atoms with Gasteiger partial charge < -0.3 is 10.6 Å². The predicted molar refractivity (Wildman–Crippen MR) is 79.1 cm³/mol. The predicted octanol–water partition coefficient (Wildman–Crippen LogP) is 2.26. The Morgan fingerprint density at radius 3 is 2.47 bits per heavy atom. The smallest absolute Gasteiger partial charge is 0.252 e. The number of carbonyl (C=O) groups excluding carboxylic acids is 2. The lowest BCUT2D eigenvalue weighted by molar-refractivity contribution is -0.128. The minimum Gasteiger partial charge on any atom is -0.359 e. The molecule has 0 bridgehead atoms. The van der Waals surface area contributed by atoms with Crippen LogP contribution in [-0.4, -0.2) is 25.4 Å². The molecule has 0 fully saturated rings. The Hall–Kier alpha value is -1.36. The number of nitrogens with one attached hydrogen (secondary N) is 2. The van der Waals surface area contributed by atoms with Gasteiger partial charge in [-0.25, -0.2) is 0 Å². The first kappa shape index (κ1) is 15.7. The van der Waals surface area contributed by atoms with Crippen molar-refractivity contribution in [3.8, 4) is 0 Å². The fraction of sp³-hybridized carbons (Fsp3) is 0.429. The van der Waals surface area contributed by atoms with Crippen molar-refractivity contribution in [1.82, 2.24) is 10.6 Å². The second-order valence-electron chi connectivity index (χ2n) is 5.13. The average Bonchev–Trinajstić information content (AvgIpc) is 2.35. The summed E-state index contributed by atoms with van der Waals surface area (Å²) >= 11 is 3.37. The van der Waals surface area contributed by atoms with Gasteiger partial charge in [-0.1, -0.05) is 6.07 Å². The van der Waals surface area contributed by atoms with Crippen LogP contribution in [0.2, 0.25) is 0 Å². The highest BCUT2D eigenvalue weighted by Crippen LogP contribution is 2.19. The Balaban J connectivity index is 2.73. The molecule has 2 amide bonds. The van der Waals surface area contributed by atoms with E-state index in [1.165, 1.54) is 0 Å². The molecule has 1 aromatic rings. The van der Waals surface area contributed by atoms with E-state index in [1.807, 2.05) is 19.1 Å². The van der Waals surface area contributed by atoms with Crippen LogP contribution in [0.5, 0.6) is 0 Å². The molecule has 0 aromatic heterocycles. The molecule has 0 unspecified atom stereocenters. The lowest BCUT2D eigenvalue weighted by Gasteiger charge is -2.23. The van der Waals surface area contributed by atoms with Crippen molar-refractivity contribution in [2.45, 2.75) is 20.8 Å². The normalized spacial score (nSPS) is 11.0. The van der Waals surface area contributed by atoms with Crippen molar-refractivity contribution in [2.75, 3.05) is 13.6 Å². The first-order valence-corrected chi connectivity index (χ1v) is 6.84. The first-order chi connectivity index (χ1) is 8.77. The van der Waals surface area contributed by atoms with Gasteiger partial charge in [0, 0.05) is 18.1 Å². The van der Waals surface area contributed by atoms with Gasteiger partial charge in [0.15, 0.2) is 0 Å². The standard InChI is InChI=1S/C14H19BrN2O2/c1-9-5-6-10(11(15)7-9)12(18)17-8-14(2,3)13(19)16-4/h5-7H,8H2,1-4H3,(H,16,19)(H,17,18). The van der Waals surface area contributed by atoms with E-state index < -0.39 is 5.41 Å². The quantitative estimate of drug-likeness (QED) is 0.891.